The molecule has 0 bridgehead atoms. The smallest absolute Gasteiger partial charge is 0.237 e. The summed E-state index contributed by atoms with van der Waals surface area (Å²) in [7, 11) is 0. The second-order valence-corrected chi connectivity index (χ2v) is 6.28. The van der Waals surface area contributed by atoms with Crippen molar-refractivity contribution in [3.63, 3.8) is 0 Å². The minimum absolute atomic E-state index is 0. The number of amides is 1. The third-order valence-corrected chi connectivity index (χ3v) is 4.31. The Morgan fingerprint density at radius 1 is 1.15 bits per heavy atom. The van der Waals surface area contributed by atoms with Crippen LogP contribution in [0, 0.1) is 5.82 Å². The Labute approximate surface area is 159 Å². The first kappa shape index (κ1) is 20.2. The molecule has 26 heavy (non-hydrogen) atoms. The lowest BCUT2D eigenvalue weighted by Gasteiger charge is -2.22. The van der Waals surface area contributed by atoms with Crippen LogP contribution in [0.2, 0.25) is 0 Å². The van der Waals surface area contributed by atoms with Gasteiger partial charge >= 0.3 is 0 Å². The van der Waals surface area contributed by atoms with Crippen LogP contribution < -0.4 is 15.4 Å². The number of piperidine rings is 1. The third kappa shape index (κ3) is 6.00. The number of carbonyl (C=O) groups excluding carboxylic acids is 1. The lowest BCUT2D eigenvalue weighted by atomic mass is 10.0. The molecule has 0 spiro atoms. The van der Waals surface area contributed by atoms with Crippen molar-refractivity contribution in [2.45, 2.75) is 38.5 Å². The summed E-state index contributed by atoms with van der Waals surface area (Å²) in [5.41, 5.74) is 1.80. The van der Waals surface area contributed by atoms with Crippen LogP contribution in [0.3, 0.4) is 0 Å². The summed E-state index contributed by atoms with van der Waals surface area (Å²) in [4.78, 5) is 12.1. The standard InChI is InChI=1S/C20H23FN2O2.ClH/c21-17-5-3-4-16(12-17)14-25-18-9-7-15(8-10-18)13-23-20(24)19-6-1-2-11-22-19;/h3-5,7-10,12,19,22H,1-2,6,11,13-14H2,(H,23,24);1H. The Kier molecular flexibility index (Phi) is 7.88. The second kappa shape index (κ2) is 10.1. The molecule has 1 aliphatic heterocycles. The lowest BCUT2D eigenvalue weighted by molar-refractivity contribution is -0.123. The second-order valence-electron chi connectivity index (χ2n) is 6.28. The normalized spacial score (nSPS) is 16.4. The fourth-order valence-electron chi connectivity index (χ4n) is 2.88. The van der Waals surface area contributed by atoms with Crippen molar-refractivity contribution in [1.29, 1.82) is 0 Å². The molecule has 0 radical (unpaired) electrons. The zero-order valence-corrected chi connectivity index (χ0v) is 15.4. The van der Waals surface area contributed by atoms with E-state index in [0.29, 0.717) is 18.9 Å². The summed E-state index contributed by atoms with van der Waals surface area (Å²) in [6.07, 6.45) is 3.14. The van der Waals surface area contributed by atoms with E-state index < -0.39 is 0 Å². The molecule has 2 aromatic carbocycles. The first-order valence-electron chi connectivity index (χ1n) is 8.68. The Balaban J connectivity index is 0.00000243. The molecular formula is C20H24ClFN2O2. The van der Waals surface area contributed by atoms with Gasteiger partial charge in [0, 0.05) is 6.54 Å². The number of rotatable bonds is 6. The highest BCUT2D eigenvalue weighted by molar-refractivity contribution is 5.85. The van der Waals surface area contributed by atoms with Crippen LogP contribution in [0.25, 0.3) is 0 Å². The number of hydrogen-bond donors (Lipinski definition) is 2. The first-order chi connectivity index (χ1) is 12.2. The maximum atomic E-state index is 13.1. The average molecular weight is 379 g/mol. The number of halogens is 2. The predicted octanol–water partition coefficient (Wildman–Crippen LogP) is 3.58. The van der Waals surface area contributed by atoms with Gasteiger partial charge in [0.25, 0.3) is 0 Å². The molecule has 0 aliphatic carbocycles. The van der Waals surface area contributed by atoms with E-state index in [-0.39, 0.29) is 30.2 Å². The fourth-order valence-corrected chi connectivity index (χ4v) is 2.88. The number of hydrogen-bond acceptors (Lipinski definition) is 3. The van der Waals surface area contributed by atoms with Crippen LogP contribution in [0.5, 0.6) is 5.75 Å². The molecule has 140 valence electrons. The summed E-state index contributed by atoms with van der Waals surface area (Å²) in [5.74, 6) is 0.513. The van der Waals surface area contributed by atoms with Gasteiger partial charge in [0.2, 0.25) is 5.91 Å². The van der Waals surface area contributed by atoms with Gasteiger partial charge in [-0.1, -0.05) is 30.7 Å². The van der Waals surface area contributed by atoms with Gasteiger partial charge in [0.05, 0.1) is 6.04 Å². The Hall–Kier alpha value is -2.11. The van der Waals surface area contributed by atoms with Crippen molar-refractivity contribution >= 4 is 18.3 Å². The summed E-state index contributed by atoms with van der Waals surface area (Å²) in [5, 5.41) is 6.21. The lowest BCUT2D eigenvalue weighted by Crippen LogP contribution is -2.46. The molecule has 1 atom stereocenters. The van der Waals surface area contributed by atoms with Crippen LogP contribution in [0.4, 0.5) is 4.39 Å². The minimum Gasteiger partial charge on any atom is -0.489 e. The molecular weight excluding hydrogens is 355 g/mol. The van der Waals surface area contributed by atoms with Crippen molar-refractivity contribution < 1.29 is 13.9 Å². The van der Waals surface area contributed by atoms with Gasteiger partial charge in [-0.15, -0.1) is 12.4 Å². The molecule has 2 N–H and O–H groups in total. The maximum absolute atomic E-state index is 13.1. The summed E-state index contributed by atoms with van der Waals surface area (Å²) >= 11 is 0. The topological polar surface area (TPSA) is 50.4 Å². The molecule has 1 saturated heterocycles. The van der Waals surface area contributed by atoms with E-state index in [0.717, 1.165) is 36.9 Å². The fraction of sp³-hybridized carbons (Fsp3) is 0.350. The van der Waals surface area contributed by atoms with E-state index in [1.807, 2.05) is 30.3 Å². The van der Waals surface area contributed by atoms with E-state index in [9.17, 15) is 9.18 Å². The van der Waals surface area contributed by atoms with Gasteiger partial charge < -0.3 is 15.4 Å². The van der Waals surface area contributed by atoms with Gasteiger partial charge in [-0.2, -0.15) is 0 Å². The molecule has 4 nitrogen and oxygen atoms in total. The van der Waals surface area contributed by atoms with Crippen LogP contribution >= 0.6 is 12.4 Å². The molecule has 1 aliphatic rings. The van der Waals surface area contributed by atoms with Gasteiger partial charge in [-0.25, -0.2) is 4.39 Å². The Bertz CT molecular complexity index is 703. The summed E-state index contributed by atoms with van der Waals surface area (Å²) in [6.45, 7) is 1.73. The molecule has 0 saturated carbocycles. The SMILES string of the molecule is Cl.O=C(NCc1ccc(OCc2cccc(F)c2)cc1)C1CCCCN1. The average Bonchev–Trinajstić information content (AvgIpc) is 2.66. The van der Waals surface area contributed by atoms with Crippen molar-refractivity contribution in [2.75, 3.05) is 6.54 Å². The molecule has 1 fully saturated rings. The molecule has 0 aromatic heterocycles. The third-order valence-electron chi connectivity index (χ3n) is 4.31. The Morgan fingerprint density at radius 3 is 2.65 bits per heavy atom. The highest BCUT2D eigenvalue weighted by Gasteiger charge is 2.19. The van der Waals surface area contributed by atoms with Crippen molar-refractivity contribution in [3.05, 3.63) is 65.5 Å². The number of ether oxygens (including phenoxy) is 1. The van der Waals surface area contributed by atoms with E-state index in [1.54, 1.807) is 6.07 Å². The van der Waals surface area contributed by atoms with E-state index in [4.69, 9.17) is 4.74 Å². The predicted molar refractivity (Wildman–Crippen MR) is 102 cm³/mol. The van der Waals surface area contributed by atoms with Gasteiger partial charge in [-0.05, 0) is 54.8 Å². The van der Waals surface area contributed by atoms with Crippen LogP contribution in [0.1, 0.15) is 30.4 Å². The summed E-state index contributed by atoms with van der Waals surface area (Å²) < 4.78 is 18.8. The van der Waals surface area contributed by atoms with Crippen LogP contribution in [-0.4, -0.2) is 18.5 Å². The molecule has 1 heterocycles. The van der Waals surface area contributed by atoms with E-state index >= 15 is 0 Å². The van der Waals surface area contributed by atoms with Gasteiger partial charge in [0.15, 0.2) is 0 Å². The molecule has 1 unspecified atom stereocenters. The number of carbonyl (C=O) groups is 1. The maximum Gasteiger partial charge on any atom is 0.237 e. The number of benzene rings is 2. The van der Waals surface area contributed by atoms with Gasteiger partial charge in [0.1, 0.15) is 18.2 Å². The first-order valence-corrected chi connectivity index (χ1v) is 8.68. The quantitative estimate of drug-likeness (QED) is 0.807. The zero-order valence-electron chi connectivity index (χ0n) is 14.5. The molecule has 1 amide bonds. The molecule has 2 aromatic rings. The zero-order chi connectivity index (χ0) is 17.5. The van der Waals surface area contributed by atoms with Crippen LogP contribution in [0.15, 0.2) is 48.5 Å². The van der Waals surface area contributed by atoms with Crippen LogP contribution in [-0.2, 0) is 17.9 Å². The minimum atomic E-state index is -0.264. The monoisotopic (exact) mass is 378 g/mol. The van der Waals surface area contributed by atoms with Gasteiger partial charge in [-0.3, -0.25) is 4.79 Å². The van der Waals surface area contributed by atoms with E-state index in [1.165, 1.54) is 12.1 Å². The largest absolute Gasteiger partial charge is 0.489 e. The van der Waals surface area contributed by atoms with Crippen molar-refractivity contribution in [1.82, 2.24) is 10.6 Å². The molecule has 3 rings (SSSR count). The highest BCUT2D eigenvalue weighted by Crippen LogP contribution is 2.15. The van der Waals surface area contributed by atoms with E-state index in [2.05, 4.69) is 10.6 Å². The number of nitrogens with one attached hydrogen (secondary N) is 2. The highest BCUT2D eigenvalue weighted by atomic mass is 35.5. The van der Waals surface area contributed by atoms with Crippen molar-refractivity contribution in [3.8, 4) is 5.75 Å². The van der Waals surface area contributed by atoms with Crippen molar-refractivity contribution in [2.24, 2.45) is 0 Å². The summed E-state index contributed by atoms with van der Waals surface area (Å²) in [6, 6.07) is 13.9. The molecule has 6 heteroatoms. The Morgan fingerprint density at radius 2 is 1.96 bits per heavy atom.